The van der Waals surface area contributed by atoms with Crippen LogP contribution < -0.4 is 5.73 Å². The lowest BCUT2D eigenvalue weighted by atomic mass is 10.1. The number of nitriles is 1. The van der Waals surface area contributed by atoms with Crippen molar-refractivity contribution in [3.8, 4) is 6.07 Å². The van der Waals surface area contributed by atoms with Crippen molar-refractivity contribution in [2.45, 2.75) is 13.3 Å². The molecule has 2 N–H and O–H groups in total. The maximum atomic E-state index is 8.20. The minimum absolute atomic E-state index is 0.0694. The molecule has 1 atom stereocenters. The van der Waals surface area contributed by atoms with E-state index in [1.807, 2.05) is 6.92 Å². The van der Waals surface area contributed by atoms with Gasteiger partial charge in [-0.3, -0.25) is 0 Å². The Hall–Kier alpha value is -0.550. The lowest BCUT2D eigenvalue weighted by molar-refractivity contribution is 0.653. The second-order valence-electron chi connectivity index (χ2n) is 1.47. The maximum Gasteiger partial charge on any atom is 0.0668 e. The van der Waals surface area contributed by atoms with Gasteiger partial charge in [-0.05, 0) is 6.42 Å². The van der Waals surface area contributed by atoms with E-state index < -0.39 is 0 Å². The van der Waals surface area contributed by atoms with Gasteiger partial charge in [-0.2, -0.15) is 5.26 Å². The first-order valence-electron chi connectivity index (χ1n) is 2.44. The lowest BCUT2D eigenvalue weighted by Crippen LogP contribution is -2.10. The Balaban J connectivity index is 3.23. The molecule has 0 bridgehead atoms. The molecule has 0 spiro atoms. The van der Waals surface area contributed by atoms with Crippen LogP contribution in [-0.2, 0) is 0 Å². The summed E-state index contributed by atoms with van der Waals surface area (Å²) in [7, 11) is 0. The second kappa shape index (κ2) is 3.63. The number of nitrogens with zero attached hydrogens (tertiary/aromatic N) is 1. The smallest absolute Gasteiger partial charge is 0.0668 e. The van der Waals surface area contributed by atoms with Crippen LogP contribution in [0.2, 0.25) is 0 Å². The van der Waals surface area contributed by atoms with Gasteiger partial charge in [0.2, 0.25) is 0 Å². The summed E-state index contributed by atoms with van der Waals surface area (Å²) in [6, 6.07) is 2.08. The zero-order chi connectivity index (χ0) is 5.70. The molecule has 0 fully saturated rings. The summed E-state index contributed by atoms with van der Waals surface area (Å²) in [5.74, 6) is 0.0694. The van der Waals surface area contributed by atoms with Gasteiger partial charge in [0.1, 0.15) is 0 Å². The second-order valence-corrected chi connectivity index (χ2v) is 1.47. The van der Waals surface area contributed by atoms with Crippen molar-refractivity contribution in [3.63, 3.8) is 0 Å². The highest BCUT2D eigenvalue weighted by Crippen LogP contribution is 1.94. The Morgan fingerprint density at radius 3 is 2.43 bits per heavy atom. The summed E-state index contributed by atoms with van der Waals surface area (Å²) in [5, 5.41) is 8.20. The molecule has 0 aliphatic rings. The molecule has 0 aromatic heterocycles. The molecule has 1 unspecified atom stereocenters. The molecule has 0 radical (unpaired) electrons. The minimum atomic E-state index is 0.0694. The fraction of sp³-hybridized carbons (Fsp3) is 0.800. The Morgan fingerprint density at radius 1 is 1.86 bits per heavy atom. The molecule has 0 aliphatic heterocycles. The molecule has 7 heavy (non-hydrogen) atoms. The molecule has 0 aromatic carbocycles. The normalized spacial score (nSPS) is 12.7. The van der Waals surface area contributed by atoms with Gasteiger partial charge in [-0.15, -0.1) is 0 Å². The fourth-order valence-corrected chi connectivity index (χ4v) is 0.311. The summed E-state index contributed by atoms with van der Waals surface area (Å²) in [6.07, 6.45) is 0.868. The summed E-state index contributed by atoms with van der Waals surface area (Å²) in [6.45, 7) is 2.45. The van der Waals surface area contributed by atoms with E-state index in [0.717, 1.165) is 6.42 Å². The molecule has 0 rings (SSSR count). The van der Waals surface area contributed by atoms with Crippen molar-refractivity contribution in [3.05, 3.63) is 0 Å². The highest BCUT2D eigenvalue weighted by atomic mass is 14.5. The first-order valence-corrected chi connectivity index (χ1v) is 2.44. The predicted molar refractivity (Wildman–Crippen MR) is 28.4 cm³/mol. The number of nitrogens with two attached hydrogens (primary N) is 1. The van der Waals surface area contributed by atoms with Crippen LogP contribution in [0, 0.1) is 17.2 Å². The first kappa shape index (κ1) is 6.45. The van der Waals surface area contributed by atoms with E-state index in [9.17, 15) is 0 Å². The van der Waals surface area contributed by atoms with E-state index in [1.165, 1.54) is 0 Å². The zero-order valence-corrected chi connectivity index (χ0v) is 4.52. The van der Waals surface area contributed by atoms with Crippen LogP contribution in [0.1, 0.15) is 13.3 Å². The zero-order valence-electron chi connectivity index (χ0n) is 4.52. The molecular weight excluding hydrogens is 88.1 g/mol. The number of hydrogen-bond donors (Lipinski definition) is 1. The molecule has 2 heteroatoms. The van der Waals surface area contributed by atoms with Gasteiger partial charge in [0, 0.05) is 6.54 Å². The molecule has 0 aromatic rings. The van der Waals surface area contributed by atoms with Crippen molar-refractivity contribution in [1.82, 2.24) is 0 Å². The molecule has 0 saturated heterocycles. The van der Waals surface area contributed by atoms with Crippen molar-refractivity contribution >= 4 is 0 Å². The van der Waals surface area contributed by atoms with E-state index in [2.05, 4.69) is 6.07 Å². The number of rotatable bonds is 2. The highest BCUT2D eigenvalue weighted by molar-refractivity contribution is 4.81. The summed E-state index contributed by atoms with van der Waals surface area (Å²) in [4.78, 5) is 0. The van der Waals surface area contributed by atoms with Gasteiger partial charge < -0.3 is 5.73 Å². The Labute approximate surface area is 43.9 Å². The average Bonchev–Trinajstić information content (AvgIpc) is 1.72. The molecular formula is C5H10N2. The third kappa shape index (κ3) is 2.18. The van der Waals surface area contributed by atoms with Crippen LogP contribution in [0.25, 0.3) is 0 Å². The van der Waals surface area contributed by atoms with Crippen LogP contribution in [0.15, 0.2) is 0 Å². The van der Waals surface area contributed by atoms with Gasteiger partial charge in [-0.1, -0.05) is 6.92 Å². The Bertz CT molecular complexity index is 68.6. The number of hydrogen-bond acceptors (Lipinski definition) is 2. The van der Waals surface area contributed by atoms with Gasteiger partial charge in [0.15, 0.2) is 0 Å². The Kier molecular flexibility index (Phi) is 3.35. The highest BCUT2D eigenvalue weighted by Gasteiger charge is 1.96. The van der Waals surface area contributed by atoms with E-state index in [4.69, 9.17) is 11.0 Å². The van der Waals surface area contributed by atoms with E-state index >= 15 is 0 Å². The van der Waals surface area contributed by atoms with Crippen molar-refractivity contribution in [2.75, 3.05) is 6.54 Å². The fourth-order valence-electron chi connectivity index (χ4n) is 0.311. The molecule has 0 aliphatic carbocycles. The topological polar surface area (TPSA) is 49.8 Å². The van der Waals surface area contributed by atoms with Crippen LogP contribution in [0.4, 0.5) is 0 Å². The van der Waals surface area contributed by atoms with E-state index in [-0.39, 0.29) is 5.92 Å². The molecule has 40 valence electrons. The van der Waals surface area contributed by atoms with Crippen LogP contribution in [-0.4, -0.2) is 6.54 Å². The SMILES string of the molecule is CCC(C#N)CN. The minimum Gasteiger partial charge on any atom is -0.329 e. The molecule has 0 heterocycles. The van der Waals surface area contributed by atoms with Gasteiger partial charge in [0.05, 0.1) is 12.0 Å². The lowest BCUT2D eigenvalue weighted by Gasteiger charge is -1.95. The van der Waals surface area contributed by atoms with Gasteiger partial charge >= 0.3 is 0 Å². The van der Waals surface area contributed by atoms with Crippen molar-refractivity contribution < 1.29 is 0 Å². The molecule has 0 amide bonds. The van der Waals surface area contributed by atoms with Crippen molar-refractivity contribution in [2.24, 2.45) is 11.7 Å². The molecule has 0 saturated carbocycles. The standard InChI is InChI=1S/C5H10N2/c1-2-5(3-6)4-7/h5H,2-3,6H2,1H3. The van der Waals surface area contributed by atoms with Crippen LogP contribution >= 0.6 is 0 Å². The summed E-state index contributed by atoms with van der Waals surface area (Å²) in [5.41, 5.74) is 5.17. The quantitative estimate of drug-likeness (QED) is 0.546. The van der Waals surface area contributed by atoms with Crippen LogP contribution in [0.3, 0.4) is 0 Å². The van der Waals surface area contributed by atoms with E-state index in [0.29, 0.717) is 6.54 Å². The monoisotopic (exact) mass is 98.1 g/mol. The van der Waals surface area contributed by atoms with Crippen molar-refractivity contribution in [1.29, 1.82) is 5.26 Å². The third-order valence-electron chi connectivity index (χ3n) is 0.960. The largest absolute Gasteiger partial charge is 0.329 e. The Morgan fingerprint density at radius 2 is 2.43 bits per heavy atom. The van der Waals surface area contributed by atoms with Gasteiger partial charge in [0.25, 0.3) is 0 Å². The summed E-state index contributed by atoms with van der Waals surface area (Å²) < 4.78 is 0. The molecule has 2 nitrogen and oxygen atoms in total. The first-order chi connectivity index (χ1) is 3.35. The predicted octanol–water partition coefficient (Wildman–Crippen LogP) is 0.495. The average molecular weight is 98.1 g/mol. The third-order valence-corrected chi connectivity index (χ3v) is 0.960. The summed E-state index contributed by atoms with van der Waals surface area (Å²) >= 11 is 0. The van der Waals surface area contributed by atoms with Gasteiger partial charge in [-0.25, -0.2) is 0 Å². The van der Waals surface area contributed by atoms with Crippen LogP contribution in [0.5, 0.6) is 0 Å². The maximum absolute atomic E-state index is 8.20. The van der Waals surface area contributed by atoms with E-state index in [1.54, 1.807) is 0 Å².